The quantitative estimate of drug-likeness (QED) is 0.747. The highest BCUT2D eigenvalue weighted by molar-refractivity contribution is 7.89. The topological polar surface area (TPSA) is 70.9 Å². The molecule has 160 valence electrons. The summed E-state index contributed by atoms with van der Waals surface area (Å²) in [6, 6.07) is 16.7. The van der Waals surface area contributed by atoms with Gasteiger partial charge in [0.2, 0.25) is 15.9 Å². The highest BCUT2D eigenvalue weighted by Gasteiger charge is 2.43. The molecule has 4 rings (SSSR count). The average molecular weight is 429 g/mol. The number of fused-ring (bicyclic) bond motifs is 1. The molecule has 0 radical (unpaired) electrons. The Balaban J connectivity index is 1.56. The van der Waals surface area contributed by atoms with Gasteiger partial charge in [-0.3, -0.25) is 4.79 Å². The summed E-state index contributed by atoms with van der Waals surface area (Å²) in [5, 5.41) is 0. The number of amides is 1. The lowest BCUT2D eigenvalue weighted by atomic mass is 10.0. The third-order valence-electron chi connectivity index (χ3n) is 6.24. The van der Waals surface area contributed by atoms with E-state index in [9.17, 15) is 13.2 Å². The van der Waals surface area contributed by atoms with Gasteiger partial charge in [0.25, 0.3) is 0 Å². The Morgan fingerprint density at radius 1 is 1.03 bits per heavy atom. The molecule has 1 heterocycles. The average Bonchev–Trinajstić information content (AvgIpc) is 3.11. The SMILES string of the molecule is CC(C)C(=O)N1CC[NH+]([C@H]2c3ccccc3C[C@H]2NS(=O)(=O)c2ccccc2)CC1. The van der Waals surface area contributed by atoms with E-state index in [-0.39, 0.29) is 23.9 Å². The van der Waals surface area contributed by atoms with Crippen molar-refractivity contribution in [2.45, 2.75) is 37.2 Å². The maximum absolute atomic E-state index is 13.0. The zero-order valence-corrected chi connectivity index (χ0v) is 18.4. The van der Waals surface area contributed by atoms with Crippen LogP contribution in [-0.2, 0) is 21.2 Å². The zero-order valence-electron chi connectivity index (χ0n) is 17.5. The van der Waals surface area contributed by atoms with E-state index in [2.05, 4.69) is 16.9 Å². The molecule has 2 aromatic carbocycles. The van der Waals surface area contributed by atoms with Crippen molar-refractivity contribution >= 4 is 15.9 Å². The summed E-state index contributed by atoms with van der Waals surface area (Å²) in [6.07, 6.45) is 0.686. The molecule has 1 aliphatic carbocycles. The first kappa shape index (κ1) is 21.0. The number of benzene rings is 2. The second kappa shape index (κ2) is 8.49. The van der Waals surface area contributed by atoms with Crippen LogP contribution in [0.4, 0.5) is 0 Å². The fourth-order valence-electron chi connectivity index (χ4n) is 4.77. The molecule has 30 heavy (non-hydrogen) atoms. The second-order valence-electron chi connectivity index (χ2n) is 8.56. The number of hydrogen-bond acceptors (Lipinski definition) is 3. The van der Waals surface area contributed by atoms with Gasteiger partial charge in [-0.1, -0.05) is 56.3 Å². The van der Waals surface area contributed by atoms with Crippen LogP contribution in [0.2, 0.25) is 0 Å². The molecule has 0 spiro atoms. The molecule has 2 aromatic rings. The maximum atomic E-state index is 13.0. The van der Waals surface area contributed by atoms with Crippen LogP contribution >= 0.6 is 0 Å². The highest BCUT2D eigenvalue weighted by atomic mass is 32.2. The Kier molecular flexibility index (Phi) is 5.95. The Morgan fingerprint density at radius 3 is 2.33 bits per heavy atom. The number of quaternary nitrogens is 1. The Hall–Kier alpha value is -2.22. The van der Waals surface area contributed by atoms with Gasteiger partial charge < -0.3 is 9.80 Å². The molecule has 0 bridgehead atoms. The van der Waals surface area contributed by atoms with E-state index in [0.29, 0.717) is 24.4 Å². The molecule has 1 fully saturated rings. The number of carbonyl (C=O) groups excluding carboxylic acids is 1. The minimum absolute atomic E-state index is 0.00388. The van der Waals surface area contributed by atoms with Gasteiger partial charge in [-0.15, -0.1) is 0 Å². The number of carbonyl (C=O) groups is 1. The van der Waals surface area contributed by atoms with Crippen molar-refractivity contribution in [2.24, 2.45) is 5.92 Å². The number of hydrogen-bond donors (Lipinski definition) is 2. The summed E-state index contributed by atoms with van der Waals surface area (Å²) in [5.74, 6) is 0.200. The maximum Gasteiger partial charge on any atom is 0.241 e. The lowest BCUT2D eigenvalue weighted by Crippen LogP contribution is -3.16. The van der Waals surface area contributed by atoms with Crippen LogP contribution in [0.15, 0.2) is 59.5 Å². The van der Waals surface area contributed by atoms with Gasteiger partial charge in [-0.25, -0.2) is 13.1 Å². The molecular weight excluding hydrogens is 398 g/mol. The Bertz CT molecular complexity index is 999. The van der Waals surface area contributed by atoms with Gasteiger partial charge in [0.15, 0.2) is 0 Å². The molecule has 2 atom stereocenters. The van der Waals surface area contributed by atoms with Crippen LogP contribution in [0.25, 0.3) is 0 Å². The first-order chi connectivity index (χ1) is 14.4. The van der Waals surface area contributed by atoms with Crippen molar-refractivity contribution in [1.82, 2.24) is 9.62 Å². The molecule has 1 amide bonds. The molecule has 0 unspecified atom stereocenters. The number of nitrogens with zero attached hydrogens (tertiary/aromatic N) is 1. The molecule has 2 N–H and O–H groups in total. The van der Waals surface area contributed by atoms with Gasteiger partial charge in [0.05, 0.1) is 37.1 Å². The summed E-state index contributed by atoms with van der Waals surface area (Å²) >= 11 is 0. The Labute approximate surface area is 178 Å². The number of rotatable bonds is 5. The van der Waals surface area contributed by atoms with Gasteiger partial charge >= 0.3 is 0 Å². The van der Waals surface area contributed by atoms with Crippen molar-refractivity contribution in [3.8, 4) is 0 Å². The molecular formula is C23H30N3O3S+. The van der Waals surface area contributed by atoms with E-state index in [1.165, 1.54) is 16.0 Å². The molecule has 2 aliphatic rings. The van der Waals surface area contributed by atoms with E-state index in [0.717, 1.165) is 13.1 Å². The summed E-state index contributed by atoms with van der Waals surface area (Å²) < 4.78 is 29.0. The van der Waals surface area contributed by atoms with Crippen molar-refractivity contribution < 1.29 is 18.1 Å². The van der Waals surface area contributed by atoms with Gasteiger partial charge in [-0.05, 0) is 24.1 Å². The largest absolute Gasteiger partial charge is 0.331 e. The minimum Gasteiger partial charge on any atom is -0.331 e. The van der Waals surface area contributed by atoms with Gasteiger partial charge in [-0.2, -0.15) is 0 Å². The molecule has 7 heteroatoms. The fraction of sp³-hybridized carbons (Fsp3) is 0.435. The summed E-state index contributed by atoms with van der Waals surface area (Å²) in [6.45, 7) is 6.93. The number of piperazine rings is 1. The van der Waals surface area contributed by atoms with Crippen molar-refractivity contribution in [3.63, 3.8) is 0 Å². The number of nitrogens with one attached hydrogen (secondary N) is 2. The van der Waals surface area contributed by atoms with Crippen LogP contribution in [-0.4, -0.2) is 51.4 Å². The van der Waals surface area contributed by atoms with Crippen LogP contribution in [0.1, 0.15) is 31.0 Å². The highest BCUT2D eigenvalue weighted by Crippen LogP contribution is 2.30. The molecule has 6 nitrogen and oxygen atoms in total. The molecule has 1 aliphatic heterocycles. The van der Waals surface area contributed by atoms with E-state index < -0.39 is 10.0 Å². The first-order valence-electron chi connectivity index (χ1n) is 10.7. The van der Waals surface area contributed by atoms with Crippen molar-refractivity contribution in [3.05, 3.63) is 65.7 Å². The van der Waals surface area contributed by atoms with E-state index in [4.69, 9.17) is 0 Å². The minimum atomic E-state index is -3.60. The van der Waals surface area contributed by atoms with Crippen LogP contribution in [0, 0.1) is 5.92 Å². The van der Waals surface area contributed by atoms with Crippen molar-refractivity contribution in [1.29, 1.82) is 0 Å². The van der Waals surface area contributed by atoms with Gasteiger partial charge in [0.1, 0.15) is 6.04 Å². The van der Waals surface area contributed by atoms with E-state index in [1.54, 1.807) is 24.3 Å². The van der Waals surface area contributed by atoms with Crippen LogP contribution in [0.5, 0.6) is 0 Å². The third-order valence-corrected chi connectivity index (χ3v) is 7.75. The summed E-state index contributed by atoms with van der Waals surface area (Å²) in [7, 11) is -3.60. The van der Waals surface area contributed by atoms with Crippen LogP contribution in [0.3, 0.4) is 0 Å². The predicted octanol–water partition coefficient (Wildman–Crippen LogP) is 1.01. The van der Waals surface area contributed by atoms with E-state index in [1.807, 2.05) is 36.9 Å². The fourth-order valence-corrected chi connectivity index (χ4v) is 6.04. The first-order valence-corrected chi connectivity index (χ1v) is 12.1. The molecule has 0 aromatic heterocycles. The molecule has 0 saturated carbocycles. The lowest BCUT2D eigenvalue weighted by Gasteiger charge is -2.38. The zero-order chi connectivity index (χ0) is 21.3. The monoisotopic (exact) mass is 428 g/mol. The van der Waals surface area contributed by atoms with E-state index >= 15 is 0 Å². The third kappa shape index (κ3) is 4.15. The molecule has 1 saturated heterocycles. The Morgan fingerprint density at radius 2 is 1.67 bits per heavy atom. The second-order valence-corrected chi connectivity index (χ2v) is 10.3. The van der Waals surface area contributed by atoms with Gasteiger partial charge in [0, 0.05) is 11.5 Å². The normalized spacial score (nSPS) is 22.3. The van der Waals surface area contributed by atoms with Crippen molar-refractivity contribution in [2.75, 3.05) is 26.2 Å². The smallest absolute Gasteiger partial charge is 0.241 e. The lowest BCUT2D eigenvalue weighted by molar-refractivity contribution is -0.936. The summed E-state index contributed by atoms with van der Waals surface area (Å²) in [4.78, 5) is 15.9. The number of sulfonamides is 1. The summed E-state index contributed by atoms with van der Waals surface area (Å²) in [5.41, 5.74) is 2.42. The standard InChI is InChI=1S/C23H29N3O3S/c1-17(2)23(27)26-14-12-25(13-15-26)22-20-11-7-6-8-18(20)16-21(22)24-30(28,29)19-9-4-3-5-10-19/h3-11,17,21-22,24H,12-16H2,1-2H3/p+1/t21-,22+/m1/s1. The van der Waals surface area contributed by atoms with Crippen LogP contribution < -0.4 is 9.62 Å². The predicted molar refractivity (Wildman–Crippen MR) is 116 cm³/mol.